The van der Waals surface area contributed by atoms with Crippen LogP contribution in [-0.2, 0) is 16.4 Å². The van der Waals surface area contributed by atoms with Gasteiger partial charge in [-0.2, -0.15) is 0 Å². The van der Waals surface area contributed by atoms with Crippen molar-refractivity contribution in [1.82, 2.24) is 4.72 Å². The molecule has 0 saturated carbocycles. The zero-order valence-corrected chi connectivity index (χ0v) is 12.2. The molecule has 1 atom stereocenters. The van der Waals surface area contributed by atoms with Gasteiger partial charge < -0.3 is 5.32 Å². The van der Waals surface area contributed by atoms with Gasteiger partial charge in [-0.05, 0) is 55.4 Å². The van der Waals surface area contributed by atoms with Crippen LogP contribution in [0.5, 0.6) is 0 Å². The number of allylic oxidation sites excluding steroid dienone is 2. The van der Waals surface area contributed by atoms with Gasteiger partial charge >= 0.3 is 0 Å². The number of nitrogens with one attached hydrogen (secondary N) is 2. The molecule has 2 N–H and O–H groups in total. The summed E-state index contributed by atoms with van der Waals surface area (Å²) in [6.07, 6.45) is 8.29. The predicted octanol–water partition coefficient (Wildman–Crippen LogP) is 2.29. The van der Waals surface area contributed by atoms with Gasteiger partial charge in [-0.25, -0.2) is 13.1 Å². The molecule has 3 rings (SSSR count). The lowest BCUT2D eigenvalue weighted by molar-refractivity contribution is 0.468. The van der Waals surface area contributed by atoms with Crippen molar-refractivity contribution in [3.8, 4) is 0 Å². The van der Waals surface area contributed by atoms with Crippen LogP contribution in [-0.4, -0.2) is 21.5 Å². The van der Waals surface area contributed by atoms with Crippen LogP contribution in [0.15, 0.2) is 35.2 Å². The summed E-state index contributed by atoms with van der Waals surface area (Å²) in [6.45, 7) is 1.42. The molecular formula is C15H20N2O2S. The molecule has 0 aromatic heterocycles. The van der Waals surface area contributed by atoms with Gasteiger partial charge in [-0.3, -0.25) is 0 Å². The summed E-state index contributed by atoms with van der Waals surface area (Å²) in [6, 6.07) is 5.33. The number of anilines is 1. The van der Waals surface area contributed by atoms with Gasteiger partial charge in [0, 0.05) is 18.8 Å². The van der Waals surface area contributed by atoms with E-state index in [4.69, 9.17) is 0 Å². The zero-order chi connectivity index (χ0) is 14.0. The topological polar surface area (TPSA) is 58.2 Å². The van der Waals surface area contributed by atoms with Crippen molar-refractivity contribution in [2.24, 2.45) is 5.92 Å². The number of fused-ring (bicyclic) bond motifs is 1. The molecule has 1 aliphatic heterocycles. The molecule has 108 valence electrons. The van der Waals surface area contributed by atoms with E-state index in [9.17, 15) is 8.42 Å². The van der Waals surface area contributed by atoms with Crippen LogP contribution in [0.2, 0.25) is 0 Å². The Labute approximate surface area is 120 Å². The first-order chi connectivity index (χ1) is 9.65. The normalized spacial score (nSPS) is 21.5. The first-order valence-electron chi connectivity index (χ1n) is 7.16. The second-order valence-corrected chi connectivity index (χ2v) is 7.27. The van der Waals surface area contributed by atoms with E-state index in [0.29, 0.717) is 17.4 Å². The summed E-state index contributed by atoms with van der Waals surface area (Å²) >= 11 is 0. The summed E-state index contributed by atoms with van der Waals surface area (Å²) in [5.74, 6) is 0.422. The lowest BCUT2D eigenvalue weighted by atomic mass is 9.95. The fourth-order valence-corrected chi connectivity index (χ4v) is 3.97. The van der Waals surface area contributed by atoms with Crippen LogP contribution in [0, 0.1) is 5.92 Å². The molecule has 4 nitrogen and oxygen atoms in total. The number of sulfonamides is 1. The van der Waals surface area contributed by atoms with Crippen LogP contribution in [0.4, 0.5) is 5.69 Å². The molecule has 0 saturated heterocycles. The third-order valence-electron chi connectivity index (χ3n) is 4.04. The van der Waals surface area contributed by atoms with Gasteiger partial charge in [-0.15, -0.1) is 0 Å². The second-order valence-electron chi connectivity index (χ2n) is 5.50. The molecule has 1 aliphatic carbocycles. The van der Waals surface area contributed by atoms with E-state index < -0.39 is 10.0 Å². The van der Waals surface area contributed by atoms with Crippen LogP contribution >= 0.6 is 0 Å². The van der Waals surface area contributed by atoms with E-state index in [0.717, 1.165) is 43.5 Å². The molecule has 0 radical (unpaired) electrons. The van der Waals surface area contributed by atoms with Crippen LogP contribution in [0.25, 0.3) is 0 Å². The lowest BCUT2D eigenvalue weighted by Crippen LogP contribution is -2.29. The van der Waals surface area contributed by atoms with Crippen molar-refractivity contribution in [1.29, 1.82) is 0 Å². The largest absolute Gasteiger partial charge is 0.384 e. The van der Waals surface area contributed by atoms with Gasteiger partial charge in [0.1, 0.15) is 0 Å². The van der Waals surface area contributed by atoms with E-state index in [1.807, 2.05) is 6.07 Å². The average Bonchev–Trinajstić information content (AvgIpc) is 2.94. The molecule has 1 aromatic carbocycles. The minimum atomic E-state index is -3.38. The van der Waals surface area contributed by atoms with Crippen LogP contribution in [0.3, 0.4) is 0 Å². The van der Waals surface area contributed by atoms with Gasteiger partial charge in [0.05, 0.1) is 4.90 Å². The third kappa shape index (κ3) is 2.88. The standard InChI is InChI=1S/C15H20N2O2S/c18-20(19,17-11-12-4-2-1-3-5-12)14-6-7-15-13(10-14)8-9-16-15/h1-2,6-7,10,12,16-17H,3-5,8-9,11H2. The van der Waals surface area contributed by atoms with Crippen molar-refractivity contribution in [3.63, 3.8) is 0 Å². The van der Waals surface area contributed by atoms with E-state index in [-0.39, 0.29) is 0 Å². The highest BCUT2D eigenvalue weighted by atomic mass is 32.2. The molecule has 1 heterocycles. The Balaban J connectivity index is 1.70. The van der Waals surface area contributed by atoms with Gasteiger partial charge in [0.25, 0.3) is 0 Å². The summed E-state index contributed by atoms with van der Waals surface area (Å²) < 4.78 is 27.4. The molecule has 20 heavy (non-hydrogen) atoms. The first-order valence-corrected chi connectivity index (χ1v) is 8.65. The van der Waals surface area contributed by atoms with Crippen molar-refractivity contribution in [2.75, 3.05) is 18.4 Å². The van der Waals surface area contributed by atoms with Gasteiger partial charge in [0.15, 0.2) is 0 Å². The molecule has 1 aromatic rings. The Kier molecular flexibility index (Phi) is 3.81. The minimum absolute atomic E-state index is 0.381. The van der Waals surface area contributed by atoms with Crippen LogP contribution in [0.1, 0.15) is 24.8 Å². The second kappa shape index (κ2) is 5.58. The van der Waals surface area contributed by atoms with Crippen molar-refractivity contribution < 1.29 is 8.42 Å². The fourth-order valence-electron chi connectivity index (χ4n) is 2.80. The van der Waals surface area contributed by atoms with E-state index in [1.54, 1.807) is 12.1 Å². The Morgan fingerprint density at radius 2 is 2.20 bits per heavy atom. The maximum atomic E-state index is 12.3. The van der Waals surface area contributed by atoms with Crippen molar-refractivity contribution >= 4 is 15.7 Å². The predicted molar refractivity (Wildman–Crippen MR) is 80.3 cm³/mol. The van der Waals surface area contributed by atoms with Crippen LogP contribution < -0.4 is 10.0 Å². The van der Waals surface area contributed by atoms with E-state index in [1.165, 1.54) is 0 Å². The lowest BCUT2D eigenvalue weighted by Gasteiger charge is -2.18. The highest BCUT2D eigenvalue weighted by Crippen LogP contribution is 2.25. The Morgan fingerprint density at radius 1 is 1.30 bits per heavy atom. The monoisotopic (exact) mass is 292 g/mol. The highest BCUT2D eigenvalue weighted by Gasteiger charge is 2.19. The summed E-state index contributed by atoms with van der Waals surface area (Å²) in [7, 11) is -3.38. The Bertz CT molecular complexity index is 623. The maximum absolute atomic E-state index is 12.3. The number of hydrogen-bond acceptors (Lipinski definition) is 3. The molecule has 2 aliphatic rings. The SMILES string of the molecule is O=S(=O)(NCC1CC=CCC1)c1ccc2c(c1)CCN2. The zero-order valence-electron chi connectivity index (χ0n) is 11.4. The van der Waals surface area contributed by atoms with E-state index in [2.05, 4.69) is 22.2 Å². The van der Waals surface area contributed by atoms with Gasteiger partial charge in [0.2, 0.25) is 10.0 Å². The van der Waals surface area contributed by atoms with Crippen molar-refractivity contribution in [3.05, 3.63) is 35.9 Å². The Hall–Kier alpha value is -1.33. The molecule has 1 unspecified atom stereocenters. The summed E-state index contributed by atoms with van der Waals surface area (Å²) in [5.41, 5.74) is 2.15. The first kappa shape index (κ1) is 13.6. The third-order valence-corrected chi connectivity index (χ3v) is 5.46. The summed E-state index contributed by atoms with van der Waals surface area (Å²) in [5, 5.41) is 3.24. The maximum Gasteiger partial charge on any atom is 0.240 e. The number of rotatable bonds is 4. The molecule has 0 amide bonds. The quantitative estimate of drug-likeness (QED) is 0.837. The van der Waals surface area contributed by atoms with Crippen molar-refractivity contribution in [2.45, 2.75) is 30.6 Å². The molecule has 0 bridgehead atoms. The summed E-state index contributed by atoms with van der Waals surface area (Å²) in [4.78, 5) is 0.381. The molecule has 0 fully saturated rings. The molecule has 0 spiro atoms. The Morgan fingerprint density at radius 3 is 3.00 bits per heavy atom. The number of benzene rings is 1. The fraction of sp³-hybridized carbons (Fsp3) is 0.467. The van der Waals surface area contributed by atoms with Gasteiger partial charge in [-0.1, -0.05) is 12.2 Å². The highest BCUT2D eigenvalue weighted by molar-refractivity contribution is 7.89. The average molecular weight is 292 g/mol. The van der Waals surface area contributed by atoms with E-state index >= 15 is 0 Å². The smallest absolute Gasteiger partial charge is 0.240 e. The molecular weight excluding hydrogens is 272 g/mol. The molecule has 5 heteroatoms. The minimum Gasteiger partial charge on any atom is -0.384 e. The number of hydrogen-bond donors (Lipinski definition) is 2.